The van der Waals surface area contributed by atoms with Gasteiger partial charge < -0.3 is 9.84 Å². The lowest BCUT2D eigenvalue weighted by molar-refractivity contribution is -0.219. The van der Waals surface area contributed by atoms with Gasteiger partial charge in [0.05, 0.1) is 12.2 Å². The van der Waals surface area contributed by atoms with E-state index in [0.717, 1.165) is 36.8 Å². The van der Waals surface area contributed by atoms with Crippen LogP contribution in [0.15, 0.2) is 60.7 Å². The van der Waals surface area contributed by atoms with Crippen molar-refractivity contribution in [3.05, 3.63) is 71.8 Å². The highest BCUT2D eigenvalue weighted by molar-refractivity contribution is 5.28. The molecule has 2 aromatic carbocycles. The van der Waals surface area contributed by atoms with E-state index in [1.54, 1.807) is 0 Å². The summed E-state index contributed by atoms with van der Waals surface area (Å²) < 4.78 is 6.50. The van der Waals surface area contributed by atoms with Gasteiger partial charge in [-0.1, -0.05) is 74.0 Å². The Kier molecular flexibility index (Phi) is 4.84. The van der Waals surface area contributed by atoms with E-state index in [-0.39, 0.29) is 0 Å². The van der Waals surface area contributed by atoms with E-state index in [1.165, 1.54) is 0 Å². The summed E-state index contributed by atoms with van der Waals surface area (Å²) in [5.41, 5.74) is 0.824. The van der Waals surface area contributed by atoms with Crippen molar-refractivity contribution in [1.82, 2.24) is 0 Å². The lowest BCUT2D eigenvalue weighted by Gasteiger charge is -2.50. The quantitative estimate of drug-likeness (QED) is 0.858. The monoisotopic (exact) mass is 310 g/mol. The molecule has 3 rings (SSSR count). The highest BCUT2D eigenvalue weighted by Crippen LogP contribution is 2.49. The van der Waals surface area contributed by atoms with E-state index in [4.69, 9.17) is 4.74 Å². The summed E-state index contributed by atoms with van der Waals surface area (Å²) in [6, 6.07) is 20.5. The van der Waals surface area contributed by atoms with Gasteiger partial charge in [-0.2, -0.15) is 0 Å². The molecule has 1 saturated carbocycles. The van der Waals surface area contributed by atoms with Gasteiger partial charge in [-0.15, -0.1) is 0 Å². The Balaban J connectivity index is 1.96. The van der Waals surface area contributed by atoms with Gasteiger partial charge in [0.15, 0.2) is 0 Å². The van der Waals surface area contributed by atoms with E-state index >= 15 is 0 Å². The normalized spacial score (nSPS) is 27.7. The number of rotatable bonds is 5. The minimum absolute atomic E-state index is 0.526. The molecule has 2 nitrogen and oxygen atoms in total. The molecule has 1 aliphatic carbocycles. The van der Waals surface area contributed by atoms with Gasteiger partial charge in [-0.25, -0.2) is 0 Å². The predicted octanol–water partition coefficient (Wildman–Crippen LogP) is 4.81. The Morgan fingerprint density at radius 1 is 0.913 bits per heavy atom. The number of aliphatic hydroxyl groups is 1. The van der Waals surface area contributed by atoms with Gasteiger partial charge in [0.25, 0.3) is 0 Å². The first-order valence-corrected chi connectivity index (χ1v) is 8.66. The Morgan fingerprint density at radius 3 is 2.17 bits per heavy atom. The standard InChI is InChI=1S/C21H26O2/c1-2-20(22)15-9-10-16-21(20,19-13-7-4-8-14-19)23-17-18-11-5-3-6-12-18/h3-8,11-14,22H,2,9-10,15-17H2,1H3. The van der Waals surface area contributed by atoms with E-state index in [0.29, 0.717) is 13.0 Å². The minimum atomic E-state index is -0.804. The Hall–Kier alpha value is -1.64. The van der Waals surface area contributed by atoms with E-state index < -0.39 is 11.2 Å². The summed E-state index contributed by atoms with van der Waals surface area (Å²) in [6.07, 6.45) is 4.53. The van der Waals surface area contributed by atoms with Gasteiger partial charge in [0.1, 0.15) is 5.60 Å². The van der Waals surface area contributed by atoms with Crippen LogP contribution in [-0.4, -0.2) is 10.7 Å². The van der Waals surface area contributed by atoms with Crippen LogP contribution in [0.2, 0.25) is 0 Å². The van der Waals surface area contributed by atoms with Gasteiger partial charge >= 0.3 is 0 Å². The largest absolute Gasteiger partial charge is 0.387 e. The Morgan fingerprint density at radius 2 is 1.52 bits per heavy atom. The van der Waals surface area contributed by atoms with Crippen molar-refractivity contribution in [3.8, 4) is 0 Å². The molecule has 1 aliphatic rings. The zero-order valence-corrected chi connectivity index (χ0v) is 13.9. The van der Waals surface area contributed by atoms with Crippen LogP contribution in [0.4, 0.5) is 0 Å². The van der Waals surface area contributed by atoms with Crippen LogP contribution in [0.1, 0.15) is 50.2 Å². The third-order valence-corrected chi connectivity index (χ3v) is 5.27. The maximum Gasteiger partial charge on any atom is 0.122 e. The van der Waals surface area contributed by atoms with E-state index in [9.17, 15) is 5.11 Å². The minimum Gasteiger partial charge on any atom is -0.387 e. The molecule has 0 aliphatic heterocycles. The summed E-state index contributed by atoms with van der Waals surface area (Å²) in [6.45, 7) is 2.59. The maximum absolute atomic E-state index is 11.4. The maximum atomic E-state index is 11.4. The first kappa shape index (κ1) is 16.2. The number of benzene rings is 2. The van der Waals surface area contributed by atoms with Crippen LogP contribution < -0.4 is 0 Å². The van der Waals surface area contributed by atoms with Gasteiger partial charge in [0.2, 0.25) is 0 Å². The molecule has 0 saturated heterocycles. The first-order chi connectivity index (χ1) is 11.2. The van der Waals surface area contributed by atoms with Gasteiger partial charge in [-0.05, 0) is 36.8 Å². The molecule has 0 bridgehead atoms. The number of hydrogen-bond donors (Lipinski definition) is 1. The molecule has 2 aromatic rings. The molecule has 0 aromatic heterocycles. The fourth-order valence-corrected chi connectivity index (χ4v) is 3.88. The van der Waals surface area contributed by atoms with E-state index in [2.05, 4.69) is 31.2 Å². The van der Waals surface area contributed by atoms with Crippen molar-refractivity contribution >= 4 is 0 Å². The number of ether oxygens (including phenoxy) is 1. The number of hydrogen-bond acceptors (Lipinski definition) is 2. The molecule has 1 N–H and O–H groups in total. The molecule has 0 amide bonds. The fourth-order valence-electron chi connectivity index (χ4n) is 3.88. The first-order valence-electron chi connectivity index (χ1n) is 8.66. The molecule has 2 atom stereocenters. The molecular formula is C21H26O2. The van der Waals surface area contributed by atoms with E-state index in [1.807, 2.05) is 36.4 Å². The molecule has 0 radical (unpaired) electrons. The fraction of sp³-hybridized carbons (Fsp3) is 0.429. The third kappa shape index (κ3) is 3.06. The summed E-state index contributed by atoms with van der Waals surface area (Å²) in [5, 5.41) is 11.4. The Labute approximate surface area is 139 Å². The lowest BCUT2D eigenvalue weighted by Crippen LogP contribution is -2.55. The second-order valence-corrected chi connectivity index (χ2v) is 6.56. The molecule has 122 valence electrons. The third-order valence-electron chi connectivity index (χ3n) is 5.27. The van der Waals surface area contributed by atoms with Crippen molar-refractivity contribution in [2.75, 3.05) is 0 Å². The van der Waals surface area contributed by atoms with Crippen LogP contribution in [0.25, 0.3) is 0 Å². The average molecular weight is 310 g/mol. The van der Waals surface area contributed by atoms with Crippen molar-refractivity contribution in [1.29, 1.82) is 0 Å². The van der Waals surface area contributed by atoms with Crippen molar-refractivity contribution in [2.24, 2.45) is 0 Å². The molecular weight excluding hydrogens is 284 g/mol. The molecule has 0 spiro atoms. The van der Waals surface area contributed by atoms with Crippen molar-refractivity contribution < 1.29 is 9.84 Å². The summed E-state index contributed by atoms with van der Waals surface area (Å²) >= 11 is 0. The van der Waals surface area contributed by atoms with Gasteiger partial charge in [0, 0.05) is 0 Å². The van der Waals surface area contributed by atoms with Crippen LogP contribution in [0.3, 0.4) is 0 Å². The SMILES string of the molecule is CCC1(O)CCCCC1(OCc1ccccc1)c1ccccc1. The summed E-state index contributed by atoms with van der Waals surface area (Å²) in [5.74, 6) is 0. The topological polar surface area (TPSA) is 29.5 Å². The second kappa shape index (κ2) is 6.86. The zero-order chi connectivity index (χ0) is 16.2. The van der Waals surface area contributed by atoms with Crippen LogP contribution in [-0.2, 0) is 16.9 Å². The summed E-state index contributed by atoms with van der Waals surface area (Å²) in [4.78, 5) is 0. The zero-order valence-electron chi connectivity index (χ0n) is 13.9. The van der Waals surface area contributed by atoms with Crippen LogP contribution in [0, 0.1) is 0 Å². The van der Waals surface area contributed by atoms with Crippen molar-refractivity contribution in [2.45, 2.75) is 56.8 Å². The lowest BCUT2D eigenvalue weighted by atomic mass is 9.66. The van der Waals surface area contributed by atoms with Gasteiger partial charge in [-0.3, -0.25) is 0 Å². The molecule has 2 heteroatoms. The highest BCUT2D eigenvalue weighted by Gasteiger charge is 2.52. The summed E-state index contributed by atoms with van der Waals surface area (Å²) in [7, 11) is 0. The molecule has 1 fully saturated rings. The van der Waals surface area contributed by atoms with Crippen molar-refractivity contribution in [3.63, 3.8) is 0 Å². The molecule has 2 unspecified atom stereocenters. The second-order valence-electron chi connectivity index (χ2n) is 6.56. The Bertz CT molecular complexity index is 610. The van der Waals surface area contributed by atoms with Crippen LogP contribution in [0.5, 0.6) is 0 Å². The molecule has 23 heavy (non-hydrogen) atoms. The average Bonchev–Trinajstić information content (AvgIpc) is 2.63. The molecule has 0 heterocycles. The predicted molar refractivity (Wildman–Crippen MR) is 93.1 cm³/mol. The van der Waals surface area contributed by atoms with Crippen LogP contribution >= 0.6 is 0 Å². The highest BCUT2D eigenvalue weighted by atomic mass is 16.5. The smallest absolute Gasteiger partial charge is 0.122 e.